The topological polar surface area (TPSA) is 56.0 Å². The van der Waals surface area contributed by atoms with Crippen LogP contribution in [0.15, 0.2) is 41.0 Å². The SMILES string of the molecule is Nc1ncccc1C(=O)c1cc(F)cc(Br)c1. The van der Waals surface area contributed by atoms with E-state index >= 15 is 0 Å². The van der Waals surface area contributed by atoms with Crippen molar-refractivity contribution >= 4 is 27.5 Å². The van der Waals surface area contributed by atoms with Crippen molar-refractivity contribution in [2.24, 2.45) is 0 Å². The Morgan fingerprint density at radius 3 is 2.76 bits per heavy atom. The fourth-order valence-electron chi connectivity index (χ4n) is 1.45. The second kappa shape index (κ2) is 4.63. The lowest BCUT2D eigenvalue weighted by molar-refractivity contribution is 0.103. The lowest BCUT2D eigenvalue weighted by Crippen LogP contribution is -2.07. The number of anilines is 1. The zero-order valence-corrected chi connectivity index (χ0v) is 10.2. The van der Waals surface area contributed by atoms with Gasteiger partial charge in [-0.3, -0.25) is 4.79 Å². The third-order valence-electron chi connectivity index (χ3n) is 2.21. The van der Waals surface area contributed by atoms with E-state index in [0.717, 1.165) is 0 Å². The Morgan fingerprint density at radius 2 is 2.12 bits per heavy atom. The molecule has 2 rings (SSSR count). The van der Waals surface area contributed by atoms with Crippen molar-refractivity contribution in [1.29, 1.82) is 0 Å². The number of carbonyl (C=O) groups excluding carboxylic acids is 1. The van der Waals surface area contributed by atoms with E-state index in [1.807, 2.05) is 0 Å². The van der Waals surface area contributed by atoms with Crippen molar-refractivity contribution in [1.82, 2.24) is 4.98 Å². The van der Waals surface area contributed by atoms with Crippen LogP contribution in [0.25, 0.3) is 0 Å². The molecule has 0 aliphatic heterocycles. The number of nitrogen functional groups attached to an aromatic ring is 1. The van der Waals surface area contributed by atoms with Gasteiger partial charge in [0.1, 0.15) is 11.6 Å². The van der Waals surface area contributed by atoms with Gasteiger partial charge in [0.05, 0.1) is 5.56 Å². The van der Waals surface area contributed by atoms with E-state index in [1.54, 1.807) is 12.1 Å². The summed E-state index contributed by atoms with van der Waals surface area (Å²) in [4.78, 5) is 15.9. The van der Waals surface area contributed by atoms with Gasteiger partial charge in [0, 0.05) is 16.2 Å². The Morgan fingerprint density at radius 1 is 1.35 bits per heavy atom. The van der Waals surface area contributed by atoms with Gasteiger partial charge in [-0.15, -0.1) is 0 Å². The normalized spacial score (nSPS) is 10.2. The van der Waals surface area contributed by atoms with Crippen molar-refractivity contribution < 1.29 is 9.18 Å². The predicted octanol–water partition coefficient (Wildman–Crippen LogP) is 2.80. The summed E-state index contributed by atoms with van der Waals surface area (Å²) in [5.41, 5.74) is 6.10. The molecule has 0 aliphatic carbocycles. The number of hydrogen-bond donors (Lipinski definition) is 1. The summed E-state index contributed by atoms with van der Waals surface area (Å²) in [6.45, 7) is 0. The average Bonchev–Trinajstić information content (AvgIpc) is 2.27. The number of hydrogen-bond acceptors (Lipinski definition) is 3. The van der Waals surface area contributed by atoms with Crippen molar-refractivity contribution in [3.63, 3.8) is 0 Å². The molecule has 17 heavy (non-hydrogen) atoms. The molecule has 0 bridgehead atoms. The quantitative estimate of drug-likeness (QED) is 0.867. The summed E-state index contributed by atoms with van der Waals surface area (Å²) in [5.74, 6) is -0.695. The van der Waals surface area contributed by atoms with E-state index in [2.05, 4.69) is 20.9 Å². The van der Waals surface area contributed by atoms with Crippen LogP contribution in [0, 0.1) is 5.82 Å². The maximum absolute atomic E-state index is 13.2. The average molecular weight is 295 g/mol. The zero-order chi connectivity index (χ0) is 12.4. The van der Waals surface area contributed by atoms with Crippen molar-refractivity contribution in [2.75, 3.05) is 5.73 Å². The van der Waals surface area contributed by atoms with Crippen LogP contribution in [-0.4, -0.2) is 10.8 Å². The number of ketones is 1. The van der Waals surface area contributed by atoms with Crippen molar-refractivity contribution in [3.8, 4) is 0 Å². The molecule has 3 nitrogen and oxygen atoms in total. The fraction of sp³-hybridized carbons (Fsp3) is 0. The predicted molar refractivity (Wildman–Crippen MR) is 66.2 cm³/mol. The van der Waals surface area contributed by atoms with Gasteiger partial charge >= 0.3 is 0 Å². The summed E-state index contributed by atoms with van der Waals surface area (Å²) >= 11 is 3.13. The second-order valence-corrected chi connectivity index (χ2v) is 4.34. The second-order valence-electron chi connectivity index (χ2n) is 3.42. The largest absolute Gasteiger partial charge is 0.383 e. The zero-order valence-electron chi connectivity index (χ0n) is 8.65. The molecule has 0 saturated heterocycles. The summed E-state index contributed by atoms with van der Waals surface area (Å²) in [7, 11) is 0. The minimum atomic E-state index is -0.481. The molecule has 5 heteroatoms. The fourth-order valence-corrected chi connectivity index (χ4v) is 1.92. The minimum Gasteiger partial charge on any atom is -0.383 e. The molecule has 0 atom stereocenters. The minimum absolute atomic E-state index is 0.137. The Hall–Kier alpha value is -1.75. The van der Waals surface area contributed by atoms with Gasteiger partial charge in [0.2, 0.25) is 0 Å². The number of nitrogens with two attached hydrogens (primary N) is 1. The third-order valence-corrected chi connectivity index (χ3v) is 2.67. The lowest BCUT2D eigenvalue weighted by Gasteiger charge is -2.04. The molecular formula is C12H8BrFN2O. The van der Waals surface area contributed by atoms with E-state index in [-0.39, 0.29) is 22.7 Å². The van der Waals surface area contributed by atoms with Crippen LogP contribution in [-0.2, 0) is 0 Å². The van der Waals surface area contributed by atoms with Gasteiger partial charge in [-0.05, 0) is 30.3 Å². The Kier molecular flexibility index (Phi) is 3.19. The highest BCUT2D eigenvalue weighted by Gasteiger charge is 2.14. The molecule has 2 N–H and O–H groups in total. The Balaban J connectivity index is 2.48. The Labute approximate surface area is 106 Å². The van der Waals surface area contributed by atoms with Crippen LogP contribution >= 0.6 is 15.9 Å². The molecule has 0 fully saturated rings. The molecule has 0 amide bonds. The molecule has 0 unspecified atom stereocenters. The van der Waals surface area contributed by atoms with Crippen LogP contribution in [0.1, 0.15) is 15.9 Å². The van der Waals surface area contributed by atoms with Crippen LogP contribution < -0.4 is 5.73 Å². The first-order chi connectivity index (χ1) is 8.08. The van der Waals surface area contributed by atoms with E-state index in [9.17, 15) is 9.18 Å². The number of aromatic nitrogens is 1. The maximum Gasteiger partial charge on any atom is 0.196 e. The maximum atomic E-state index is 13.2. The molecular weight excluding hydrogens is 287 g/mol. The van der Waals surface area contributed by atoms with Crippen LogP contribution in [0.5, 0.6) is 0 Å². The molecule has 1 aromatic heterocycles. The molecule has 0 aliphatic rings. The highest BCUT2D eigenvalue weighted by molar-refractivity contribution is 9.10. The first-order valence-electron chi connectivity index (χ1n) is 4.79. The van der Waals surface area contributed by atoms with Crippen LogP contribution in [0.2, 0.25) is 0 Å². The molecule has 0 radical (unpaired) electrons. The third kappa shape index (κ3) is 2.50. The molecule has 0 saturated carbocycles. The first-order valence-corrected chi connectivity index (χ1v) is 5.58. The molecule has 1 aromatic carbocycles. The first kappa shape index (κ1) is 11.7. The highest BCUT2D eigenvalue weighted by atomic mass is 79.9. The molecule has 0 spiro atoms. The summed E-state index contributed by atoms with van der Waals surface area (Å²) < 4.78 is 13.7. The Bertz CT molecular complexity index is 566. The number of benzene rings is 1. The lowest BCUT2D eigenvalue weighted by atomic mass is 10.0. The van der Waals surface area contributed by atoms with Crippen molar-refractivity contribution in [3.05, 3.63) is 57.9 Å². The van der Waals surface area contributed by atoms with E-state index in [4.69, 9.17) is 5.73 Å². The van der Waals surface area contributed by atoms with Crippen LogP contribution in [0.3, 0.4) is 0 Å². The number of nitrogens with zero attached hydrogens (tertiary/aromatic N) is 1. The van der Waals surface area contributed by atoms with Crippen molar-refractivity contribution in [2.45, 2.75) is 0 Å². The summed E-state index contributed by atoms with van der Waals surface area (Å²) in [6.07, 6.45) is 1.49. The number of pyridine rings is 1. The van der Waals surface area contributed by atoms with E-state index in [0.29, 0.717) is 4.47 Å². The van der Waals surface area contributed by atoms with Gasteiger partial charge in [-0.25, -0.2) is 9.37 Å². The summed E-state index contributed by atoms with van der Waals surface area (Å²) in [5, 5.41) is 0. The van der Waals surface area contributed by atoms with Gasteiger partial charge < -0.3 is 5.73 Å². The molecule has 1 heterocycles. The number of halogens is 2. The smallest absolute Gasteiger partial charge is 0.196 e. The number of carbonyl (C=O) groups is 1. The van der Waals surface area contributed by atoms with Gasteiger partial charge in [0.15, 0.2) is 5.78 Å². The van der Waals surface area contributed by atoms with Gasteiger partial charge in [-0.2, -0.15) is 0 Å². The summed E-state index contributed by atoms with van der Waals surface area (Å²) in [6, 6.07) is 7.15. The van der Waals surface area contributed by atoms with Crippen LogP contribution in [0.4, 0.5) is 10.2 Å². The standard InChI is InChI=1S/C12H8BrFN2O/c13-8-4-7(5-9(14)6-8)11(17)10-2-1-3-16-12(10)15/h1-6H,(H2,15,16). The van der Waals surface area contributed by atoms with Gasteiger partial charge in [0.25, 0.3) is 0 Å². The molecule has 2 aromatic rings. The van der Waals surface area contributed by atoms with Gasteiger partial charge in [-0.1, -0.05) is 15.9 Å². The van der Waals surface area contributed by atoms with E-state index < -0.39 is 5.82 Å². The van der Waals surface area contributed by atoms with E-state index in [1.165, 1.54) is 24.4 Å². The highest BCUT2D eigenvalue weighted by Crippen LogP contribution is 2.19. The monoisotopic (exact) mass is 294 g/mol. The number of rotatable bonds is 2. The molecule has 86 valence electrons.